The van der Waals surface area contributed by atoms with E-state index in [0.29, 0.717) is 34.8 Å². The van der Waals surface area contributed by atoms with Gasteiger partial charge < -0.3 is 24.8 Å². The fraction of sp³-hybridized carbons (Fsp3) is 0.192. The lowest BCUT2D eigenvalue weighted by molar-refractivity contribution is -0.111. The van der Waals surface area contributed by atoms with Crippen LogP contribution in [0.1, 0.15) is 10.5 Å². The minimum atomic E-state index is -0.313. The number of benzene rings is 1. The molecule has 0 atom stereocenters. The number of hydrogen-bond donors (Lipinski definition) is 2. The van der Waals surface area contributed by atoms with Gasteiger partial charge in [0, 0.05) is 55.4 Å². The van der Waals surface area contributed by atoms with E-state index in [1.807, 2.05) is 25.1 Å². The molecule has 0 aliphatic heterocycles. The summed E-state index contributed by atoms with van der Waals surface area (Å²) >= 11 is 0. The quantitative estimate of drug-likeness (QED) is 0.348. The van der Waals surface area contributed by atoms with Gasteiger partial charge in [0.2, 0.25) is 11.8 Å². The molecule has 10 nitrogen and oxygen atoms in total. The molecule has 3 heterocycles. The summed E-state index contributed by atoms with van der Waals surface area (Å²) in [5.41, 5.74) is 3.71. The Balaban J connectivity index is 1.53. The minimum absolute atomic E-state index is 0.135. The Bertz CT molecular complexity index is 1400. The number of nitrogens with zero attached hydrogens (tertiary/aromatic N) is 5. The molecule has 0 saturated carbocycles. The second-order valence-electron chi connectivity index (χ2n) is 8.39. The van der Waals surface area contributed by atoms with Gasteiger partial charge in [0.05, 0.1) is 6.20 Å². The number of rotatable bonds is 9. The largest absolute Gasteiger partial charge is 0.437 e. The molecule has 0 saturated heterocycles. The topological polar surface area (TPSA) is 116 Å². The molecule has 0 radical (unpaired) electrons. The first kappa shape index (κ1) is 24.6. The minimum Gasteiger partial charge on any atom is -0.437 e. The summed E-state index contributed by atoms with van der Waals surface area (Å²) in [6.45, 7) is 4.83. The summed E-state index contributed by atoms with van der Waals surface area (Å²) in [6, 6.07) is 10.5. The van der Waals surface area contributed by atoms with E-state index < -0.39 is 0 Å². The van der Waals surface area contributed by atoms with Crippen molar-refractivity contribution in [2.24, 2.45) is 0 Å². The standard InChI is InChI=1S/C26H27N7O3/c1-5-22(34)30-18-7-6-8-19(13-18)36-23-16-29-25-24(31-23)20(15-28-25)17-9-10-21(27-14-17)26(35)33(4)12-11-32(2)3/h5-10,13-16H,1,11-12H2,2-4H3,(H,28,29)(H,30,34). The van der Waals surface area contributed by atoms with E-state index in [4.69, 9.17) is 4.74 Å². The number of fused-ring (bicyclic) bond motifs is 1. The molecule has 3 aromatic heterocycles. The van der Waals surface area contributed by atoms with Gasteiger partial charge in [-0.3, -0.25) is 14.6 Å². The van der Waals surface area contributed by atoms with E-state index >= 15 is 0 Å². The third kappa shape index (κ3) is 5.73. The molecule has 4 aromatic rings. The number of aromatic nitrogens is 4. The van der Waals surface area contributed by atoms with E-state index in [2.05, 4.69) is 31.8 Å². The van der Waals surface area contributed by atoms with Crippen molar-refractivity contribution in [2.75, 3.05) is 39.5 Å². The first-order chi connectivity index (χ1) is 17.3. The highest BCUT2D eigenvalue weighted by atomic mass is 16.5. The Hall–Kier alpha value is -4.57. The van der Waals surface area contributed by atoms with E-state index in [9.17, 15) is 9.59 Å². The van der Waals surface area contributed by atoms with Crippen LogP contribution in [-0.4, -0.2) is 75.8 Å². The number of hydrogen-bond acceptors (Lipinski definition) is 7. The number of ether oxygens (including phenoxy) is 1. The summed E-state index contributed by atoms with van der Waals surface area (Å²) in [4.78, 5) is 44.4. The second-order valence-corrected chi connectivity index (χ2v) is 8.39. The Labute approximate surface area is 208 Å². The van der Waals surface area contributed by atoms with Crippen molar-refractivity contribution >= 4 is 28.7 Å². The lowest BCUT2D eigenvalue weighted by atomic mass is 10.1. The normalized spacial score (nSPS) is 10.9. The molecular formula is C26H27N7O3. The summed E-state index contributed by atoms with van der Waals surface area (Å²) in [7, 11) is 5.70. The maximum Gasteiger partial charge on any atom is 0.272 e. The number of likely N-dealkylation sites (N-methyl/N-ethyl adjacent to an activating group) is 2. The molecule has 0 spiro atoms. The third-order valence-electron chi connectivity index (χ3n) is 5.39. The average Bonchev–Trinajstić information content (AvgIpc) is 3.30. The number of anilines is 1. The first-order valence-electron chi connectivity index (χ1n) is 11.3. The lowest BCUT2D eigenvalue weighted by Crippen LogP contribution is -2.33. The van der Waals surface area contributed by atoms with Crippen LogP contribution >= 0.6 is 0 Å². The van der Waals surface area contributed by atoms with Crippen LogP contribution in [0.2, 0.25) is 0 Å². The Morgan fingerprint density at radius 2 is 1.94 bits per heavy atom. The molecule has 0 aliphatic rings. The molecule has 0 fully saturated rings. The highest BCUT2D eigenvalue weighted by molar-refractivity contribution is 5.99. The number of nitrogens with one attached hydrogen (secondary N) is 2. The average molecular weight is 486 g/mol. The number of H-pyrrole nitrogens is 1. The number of carbonyl (C=O) groups excluding carboxylic acids is 2. The fourth-order valence-electron chi connectivity index (χ4n) is 3.42. The van der Waals surface area contributed by atoms with Gasteiger partial charge >= 0.3 is 0 Å². The van der Waals surface area contributed by atoms with Gasteiger partial charge in [-0.15, -0.1) is 0 Å². The number of carbonyl (C=O) groups is 2. The maximum absolute atomic E-state index is 12.7. The molecule has 10 heteroatoms. The third-order valence-corrected chi connectivity index (χ3v) is 5.39. The van der Waals surface area contributed by atoms with Gasteiger partial charge in [-0.25, -0.2) is 9.97 Å². The van der Waals surface area contributed by atoms with Crippen LogP contribution in [-0.2, 0) is 4.79 Å². The monoisotopic (exact) mass is 485 g/mol. The van der Waals surface area contributed by atoms with Crippen molar-refractivity contribution in [3.8, 4) is 22.8 Å². The van der Waals surface area contributed by atoms with Gasteiger partial charge in [0.15, 0.2) is 5.65 Å². The van der Waals surface area contributed by atoms with Crippen molar-refractivity contribution < 1.29 is 14.3 Å². The highest BCUT2D eigenvalue weighted by Crippen LogP contribution is 2.29. The summed E-state index contributed by atoms with van der Waals surface area (Å²) < 4.78 is 5.89. The van der Waals surface area contributed by atoms with Gasteiger partial charge in [0.1, 0.15) is 17.0 Å². The summed E-state index contributed by atoms with van der Waals surface area (Å²) in [5.74, 6) is 0.333. The molecular weight excluding hydrogens is 458 g/mol. The molecule has 2 amide bonds. The molecule has 0 unspecified atom stereocenters. The van der Waals surface area contributed by atoms with Crippen LogP contribution in [0, 0.1) is 0 Å². The van der Waals surface area contributed by atoms with Crippen molar-refractivity contribution in [2.45, 2.75) is 0 Å². The zero-order chi connectivity index (χ0) is 25.7. The highest BCUT2D eigenvalue weighted by Gasteiger charge is 2.15. The Morgan fingerprint density at radius 1 is 1.11 bits per heavy atom. The number of pyridine rings is 1. The first-order valence-corrected chi connectivity index (χ1v) is 11.3. The van der Waals surface area contributed by atoms with E-state index in [0.717, 1.165) is 17.7 Å². The maximum atomic E-state index is 12.7. The zero-order valence-electron chi connectivity index (χ0n) is 20.4. The van der Waals surface area contributed by atoms with Gasteiger partial charge in [-0.2, -0.15) is 0 Å². The molecule has 2 N–H and O–H groups in total. The molecule has 36 heavy (non-hydrogen) atoms. The van der Waals surface area contributed by atoms with Crippen LogP contribution in [0.25, 0.3) is 22.3 Å². The molecule has 0 aliphatic carbocycles. The van der Waals surface area contributed by atoms with E-state index in [1.165, 1.54) is 12.3 Å². The predicted molar refractivity (Wildman–Crippen MR) is 138 cm³/mol. The second kappa shape index (κ2) is 10.8. The lowest BCUT2D eigenvalue weighted by Gasteiger charge is -2.19. The van der Waals surface area contributed by atoms with E-state index in [-0.39, 0.29) is 17.7 Å². The van der Waals surface area contributed by atoms with Crippen LogP contribution in [0.4, 0.5) is 5.69 Å². The number of amides is 2. The Morgan fingerprint density at radius 3 is 2.67 bits per heavy atom. The van der Waals surface area contributed by atoms with Crippen LogP contribution in [0.3, 0.4) is 0 Å². The van der Waals surface area contributed by atoms with E-state index in [1.54, 1.807) is 54.7 Å². The smallest absolute Gasteiger partial charge is 0.272 e. The van der Waals surface area contributed by atoms with Crippen LogP contribution < -0.4 is 10.1 Å². The molecule has 1 aromatic carbocycles. The molecule has 0 bridgehead atoms. The Kier molecular flexibility index (Phi) is 7.36. The van der Waals surface area contributed by atoms with Crippen LogP contribution in [0.15, 0.2) is 67.6 Å². The number of aromatic amines is 1. The summed E-state index contributed by atoms with van der Waals surface area (Å²) in [6.07, 6.45) is 6.15. The van der Waals surface area contributed by atoms with Gasteiger partial charge in [-0.05, 0) is 38.4 Å². The van der Waals surface area contributed by atoms with Crippen molar-refractivity contribution in [1.29, 1.82) is 0 Å². The fourth-order valence-corrected chi connectivity index (χ4v) is 3.42. The van der Waals surface area contributed by atoms with Crippen LogP contribution in [0.5, 0.6) is 11.6 Å². The van der Waals surface area contributed by atoms with Gasteiger partial charge in [-0.1, -0.05) is 18.7 Å². The molecule has 184 valence electrons. The molecule has 4 rings (SSSR count). The van der Waals surface area contributed by atoms with Gasteiger partial charge in [0.25, 0.3) is 5.91 Å². The summed E-state index contributed by atoms with van der Waals surface area (Å²) in [5, 5.41) is 2.69. The van der Waals surface area contributed by atoms with Crippen molar-refractivity contribution in [3.63, 3.8) is 0 Å². The predicted octanol–water partition coefficient (Wildman–Crippen LogP) is 3.57. The van der Waals surface area contributed by atoms with Crippen molar-refractivity contribution in [1.82, 2.24) is 29.7 Å². The SMILES string of the molecule is C=CC(=O)Nc1cccc(Oc2cnc3[nH]cc(-c4ccc(C(=O)N(C)CCN(C)C)nc4)c3n2)c1. The zero-order valence-corrected chi connectivity index (χ0v) is 20.4. The van der Waals surface area contributed by atoms with Crippen molar-refractivity contribution in [3.05, 3.63) is 73.3 Å².